The number of hydrogen-bond donors (Lipinski definition) is 1. The average molecular weight is 666 g/mol. The minimum absolute atomic E-state index is 0.0873. The largest absolute Gasteiger partial charge is 0.491 e. The number of fused-ring (bicyclic) bond motifs is 1. The highest BCUT2D eigenvalue weighted by Gasteiger charge is 2.23. The molecule has 5 aromatic rings. The Morgan fingerprint density at radius 3 is 2.07 bits per heavy atom. The van der Waals surface area contributed by atoms with E-state index in [0.717, 1.165) is 11.1 Å². The summed E-state index contributed by atoms with van der Waals surface area (Å²) in [6, 6.07) is 21.4. The Morgan fingerprint density at radius 1 is 0.933 bits per heavy atom. The van der Waals surface area contributed by atoms with Crippen LogP contribution in [0.3, 0.4) is 0 Å². The number of benzene rings is 3. The van der Waals surface area contributed by atoms with Gasteiger partial charge in [-0.25, -0.2) is 9.24 Å². The number of ether oxygens (including phenoxy) is 2. The molecule has 3 aromatic carbocycles. The number of nitrogens with two attached hydrogens (primary N) is 1. The number of halogens is 2. The van der Waals surface area contributed by atoms with E-state index in [2.05, 4.69) is 4.98 Å². The van der Waals surface area contributed by atoms with E-state index in [1.165, 1.54) is 18.8 Å². The maximum absolute atomic E-state index is 14.3. The summed E-state index contributed by atoms with van der Waals surface area (Å²) in [6.07, 6.45) is 0. The zero-order valence-corrected chi connectivity index (χ0v) is 27.3. The predicted octanol–water partition coefficient (Wildman–Crippen LogP) is 5.74. The van der Waals surface area contributed by atoms with E-state index < -0.39 is 11.5 Å². The lowest BCUT2D eigenvalue weighted by Gasteiger charge is -2.31. The molecule has 232 valence electrons. The van der Waals surface area contributed by atoms with Crippen molar-refractivity contribution in [3.8, 4) is 17.4 Å². The highest BCUT2D eigenvalue weighted by molar-refractivity contribution is 7.71. The van der Waals surface area contributed by atoms with Crippen LogP contribution >= 0.6 is 35.4 Å². The van der Waals surface area contributed by atoms with Gasteiger partial charge < -0.3 is 25.1 Å². The summed E-state index contributed by atoms with van der Waals surface area (Å²) in [6.45, 7) is 0.630. The molecule has 1 amide bonds. The second kappa shape index (κ2) is 13.2. The predicted molar refractivity (Wildman–Crippen MR) is 181 cm³/mol. The van der Waals surface area contributed by atoms with Crippen molar-refractivity contribution < 1.29 is 14.3 Å². The molecule has 13 heteroatoms. The van der Waals surface area contributed by atoms with Crippen molar-refractivity contribution in [2.24, 2.45) is 5.73 Å². The number of pyridine rings is 1. The van der Waals surface area contributed by atoms with Crippen LogP contribution in [0.5, 0.6) is 11.6 Å². The van der Waals surface area contributed by atoms with Gasteiger partial charge in [-0.15, -0.1) is 0 Å². The molecule has 5 rings (SSSR count). The Morgan fingerprint density at radius 2 is 1.56 bits per heavy atom. The topological polar surface area (TPSA) is 108 Å². The Labute approximate surface area is 274 Å². The summed E-state index contributed by atoms with van der Waals surface area (Å²) in [4.78, 5) is 33.3. The van der Waals surface area contributed by atoms with Gasteiger partial charge in [0.05, 0.1) is 43.8 Å². The number of carbonyl (C=O) groups excluding carboxylic acids is 1. The minimum atomic E-state index is -0.653. The molecule has 0 atom stereocenters. The summed E-state index contributed by atoms with van der Waals surface area (Å²) < 4.78 is 13.9. The summed E-state index contributed by atoms with van der Waals surface area (Å²) in [7, 11) is 6.49. The number of nitrogens with zero attached hydrogens (tertiary/aromatic N) is 5. The molecule has 0 aliphatic carbocycles. The summed E-state index contributed by atoms with van der Waals surface area (Å²) in [5, 5.41) is 3.35. The van der Waals surface area contributed by atoms with Gasteiger partial charge in [-0.2, -0.15) is 4.98 Å². The molecule has 0 saturated carbocycles. The summed E-state index contributed by atoms with van der Waals surface area (Å²) in [5.41, 5.74) is 8.22. The lowest BCUT2D eigenvalue weighted by molar-refractivity contribution is 0.100. The van der Waals surface area contributed by atoms with Gasteiger partial charge in [-0.05, 0) is 71.9 Å². The van der Waals surface area contributed by atoms with Crippen LogP contribution in [0.1, 0.15) is 21.5 Å². The lowest BCUT2D eigenvalue weighted by atomic mass is 10.1. The molecule has 0 aliphatic rings. The number of anilines is 1. The first kappa shape index (κ1) is 31.8. The van der Waals surface area contributed by atoms with E-state index in [9.17, 15) is 9.59 Å². The maximum atomic E-state index is 14.3. The highest BCUT2D eigenvalue weighted by atomic mass is 35.5. The van der Waals surface area contributed by atoms with Crippen LogP contribution in [0.2, 0.25) is 10.0 Å². The van der Waals surface area contributed by atoms with Crippen LogP contribution < -0.4 is 30.7 Å². The molecule has 0 bridgehead atoms. The van der Waals surface area contributed by atoms with E-state index in [1.54, 1.807) is 60.1 Å². The van der Waals surface area contributed by atoms with E-state index in [0.29, 0.717) is 40.1 Å². The molecular weight excluding hydrogens is 635 g/mol. The van der Waals surface area contributed by atoms with Crippen LogP contribution in [0.4, 0.5) is 5.69 Å². The van der Waals surface area contributed by atoms with Crippen LogP contribution in [-0.4, -0.2) is 48.4 Å². The Kier molecular flexibility index (Phi) is 9.33. The van der Waals surface area contributed by atoms with Crippen LogP contribution in [0.15, 0.2) is 77.6 Å². The lowest BCUT2D eigenvalue weighted by Crippen LogP contribution is -2.38. The first-order valence-electron chi connectivity index (χ1n) is 13.7. The second-order valence-corrected chi connectivity index (χ2v) is 11.6. The number of aromatic nitrogens is 3. The molecule has 0 saturated heterocycles. The third-order valence-corrected chi connectivity index (χ3v) is 7.97. The molecule has 0 fully saturated rings. The van der Waals surface area contributed by atoms with Crippen LogP contribution in [0.25, 0.3) is 16.7 Å². The highest BCUT2D eigenvalue weighted by Crippen LogP contribution is 2.29. The van der Waals surface area contributed by atoms with E-state index in [4.69, 9.17) is 50.6 Å². The van der Waals surface area contributed by atoms with Gasteiger partial charge in [0, 0.05) is 29.8 Å². The quantitative estimate of drug-likeness (QED) is 0.188. The number of primary amides is 1. The van der Waals surface area contributed by atoms with Gasteiger partial charge in [0.15, 0.2) is 5.75 Å². The molecule has 2 aromatic heterocycles. The number of carbonyl (C=O) groups is 1. The first-order chi connectivity index (χ1) is 21.5. The molecule has 2 N–H and O–H groups in total. The van der Waals surface area contributed by atoms with Gasteiger partial charge in [-0.3, -0.25) is 9.59 Å². The number of rotatable bonds is 10. The number of hydrogen-bond acceptors (Lipinski definition) is 8. The van der Waals surface area contributed by atoms with Gasteiger partial charge in [0.2, 0.25) is 4.77 Å². The zero-order valence-electron chi connectivity index (χ0n) is 25.0. The smallest absolute Gasteiger partial charge is 0.268 e. The summed E-state index contributed by atoms with van der Waals surface area (Å²) >= 11 is 18.8. The normalized spacial score (nSPS) is 11.0. The molecule has 10 nitrogen and oxygen atoms in total. The molecule has 0 radical (unpaired) electrons. The van der Waals surface area contributed by atoms with Crippen molar-refractivity contribution in [3.05, 3.63) is 115 Å². The molecular formula is C32H30Cl2N6O4S. The average Bonchev–Trinajstić information content (AvgIpc) is 3.00. The third-order valence-electron chi connectivity index (χ3n) is 7.14. The van der Waals surface area contributed by atoms with Crippen molar-refractivity contribution in [2.45, 2.75) is 13.1 Å². The minimum Gasteiger partial charge on any atom is -0.491 e. The molecule has 0 unspecified atom stereocenters. The molecule has 0 spiro atoms. The van der Waals surface area contributed by atoms with Crippen molar-refractivity contribution >= 4 is 57.9 Å². The zero-order chi connectivity index (χ0) is 32.4. The van der Waals surface area contributed by atoms with E-state index in [1.807, 2.05) is 41.4 Å². The van der Waals surface area contributed by atoms with Crippen LogP contribution in [-0.2, 0) is 13.1 Å². The Balaban J connectivity index is 1.89. The Bertz CT molecular complexity index is 2000. The standard InChI is InChI=1S/C32H30Cl2N6O4S/c1-37(2)25-16-24-26(15-23(25)29(35)41)40(32(45)39(31(24)42)28-12-11-27(43-3)30(36-28)44-4)38(17-19-7-5-9-21(33)13-19)18-20-8-6-10-22(34)14-20/h5-16H,17-18H2,1-4H3,(H2,35,41). The van der Waals surface area contributed by atoms with Gasteiger partial charge in [0.25, 0.3) is 17.3 Å². The van der Waals surface area contributed by atoms with Gasteiger partial charge in [-0.1, -0.05) is 47.5 Å². The van der Waals surface area contributed by atoms with Gasteiger partial charge >= 0.3 is 0 Å². The SMILES string of the molecule is COc1ccc(-n2c(=O)c3cc(N(C)C)c(C(N)=O)cc3n(N(Cc3cccc(Cl)c3)Cc3cccc(Cl)c3)c2=S)nc1OC. The van der Waals surface area contributed by atoms with Crippen molar-refractivity contribution in [1.82, 2.24) is 14.2 Å². The Hall–Kier alpha value is -4.58. The molecule has 45 heavy (non-hydrogen) atoms. The van der Waals surface area contributed by atoms with E-state index >= 15 is 0 Å². The first-order valence-corrected chi connectivity index (χ1v) is 14.8. The fourth-order valence-corrected chi connectivity index (χ4v) is 5.92. The molecule has 0 aliphatic heterocycles. The number of methoxy groups -OCH3 is 2. The third kappa shape index (κ3) is 6.46. The monoisotopic (exact) mass is 664 g/mol. The molecule has 2 heterocycles. The van der Waals surface area contributed by atoms with Gasteiger partial charge in [0.1, 0.15) is 5.82 Å². The van der Waals surface area contributed by atoms with Crippen molar-refractivity contribution in [3.63, 3.8) is 0 Å². The van der Waals surface area contributed by atoms with Crippen molar-refractivity contribution in [2.75, 3.05) is 38.2 Å². The second-order valence-electron chi connectivity index (χ2n) is 10.3. The van der Waals surface area contributed by atoms with Crippen molar-refractivity contribution in [1.29, 1.82) is 0 Å². The van der Waals surface area contributed by atoms with E-state index in [-0.39, 0.29) is 27.4 Å². The fourth-order valence-electron chi connectivity index (χ4n) is 5.10. The summed E-state index contributed by atoms with van der Waals surface area (Å²) in [5.74, 6) is 0.128. The van der Waals surface area contributed by atoms with Crippen LogP contribution in [0, 0.1) is 4.77 Å². The fraction of sp³-hybridized carbons (Fsp3) is 0.188. The number of amides is 1. The maximum Gasteiger partial charge on any atom is 0.268 e.